The molecule has 0 bridgehead atoms. The normalized spacial score (nSPS) is 12.0. The van der Waals surface area contributed by atoms with Crippen molar-refractivity contribution in [3.05, 3.63) is 35.4 Å². The molecule has 0 radical (unpaired) electrons. The van der Waals surface area contributed by atoms with Crippen LogP contribution in [-0.4, -0.2) is 18.4 Å². The fraction of sp³-hybridized carbons (Fsp3) is 0.429. The summed E-state index contributed by atoms with van der Waals surface area (Å²) in [6.45, 7) is 3.53. The quantitative estimate of drug-likeness (QED) is 0.589. The predicted octanol–water partition coefficient (Wildman–Crippen LogP) is 2.67. The number of rotatable bonds is 6. The van der Waals surface area contributed by atoms with Gasteiger partial charge in [0.05, 0.1) is 6.61 Å². The SMILES string of the molecule is CCOC(=O)C(CC)C(=O)Cc1cc(F)cc(F)c1. The number of Topliss-reactive ketones (excluding diaryl/α,β-unsaturated/α-hetero) is 1. The van der Waals surface area contributed by atoms with Crippen molar-refractivity contribution in [2.24, 2.45) is 5.92 Å². The standard InChI is InChI=1S/C14H16F2O3/c1-3-12(14(18)19-4-2)13(17)7-9-5-10(15)8-11(16)6-9/h5-6,8,12H,3-4,7H2,1-2H3. The molecule has 1 unspecified atom stereocenters. The highest BCUT2D eigenvalue weighted by molar-refractivity contribution is 5.99. The Balaban J connectivity index is 2.79. The highest BCUT2D eigenvalue weighted by Crippen LogP contribution is 2.14. The average molecular weight is 270 g/mol. The first-order chi connectivity index (χ1) is 8.97. The number of esters is 1. The van der Waals surface area contributed by atoms with Crippen LogP contribution in [0.1, 0.15) is 25.8 Å². The fourth-order valence-corrected chi connectivity index (χ4v) is 1.81. The van der Waals surface area contributed by atoms with Crippen molar-refractivity contribution in [3.63, 3.8) is 0 Å². The molecule has 0 aliphatic heterocycles. The van der Waals surface area contributed by atoms with E-state index in [0.29, 0.717) is 6.42 Å². The number of halogens is 2. The molecule has 1 aromatic rings. The summed E-state index contributed by atoms with van der Waals surface area (Å²) in [6, 6.07) is 2.90. The molecule has 0 saturated carbocycles. The van der Waals surface area contributed by atoms with Gasteiger partial charge in [0.15, 0.2) is 5.78 Å². The first-order valence-electron chi connectivity index (χ1n) is 6.12. The van der Waals surface area contributed by atoms with E-state index < -0.39 is 29.3 Å². The Morgan fingerprint density at radius 2 is 1.74 bits per heavy atom. The largest absolute Gasteiger partial charge is 0.465 e. The van der Waals surface area contributed by atoms with Gasteiger partial charge in [-0.25, -0.2) is 8.78 Å². The van der Waals surface area contributed by atoms with E-state index in [-0.39, 0.29) is 18.6 Å². The van der Waals surface area contributed by atoms with Crippen LogP contribution in [0.5, 0.6) is 0 Å². The Kier molecular flexibility index (Phi) is 5.60. The van der Waals surface area contributed by atoms with Crippen LogP contribution in [-0.2, 0) is 20.7 Å². The molecule has 0 heterocycles. The summed E-state index contributed by atoms with van der Waals surface area (Å²) in [5.41, 5.74) is 0.213. The summed E-state index contributed by atoms with van der Waals surface area (Å²) >= 11 is 0. The number of carbonyl (C=O) groups excluding carboxylic acids is 2. The monoisotopic (exact) mass is 270 g/mol. The van der Waals surface area contributed by atoms with Gasteiger partial charge in [0.1, 0.15) is 17.6 Å². The summed E-state index contributed by atoms with van der Waals surface area (Å²) < 4.78 is 30.8. The molecular weight excluding hydrogens is 254 g/mol. The van der Waals surface area contributed by atoms with Crippen LogP contribution in [0.15, 0.2) is 18.2 Å². The maximum absolute atomic E-state index is 13.0. The fourth-order valence-electron chi connectivity index (χ4n) is 1.81. The predicted molar refractivity (Wildman–Crippen MR) is 65.5 cm³/mol. The lowest BCUT2D eigenvalue weighted by atomic mass is 9.95. The van der Waals surface area contributed by atoms with E-state index in [1.165, 1.54) is 0 Å². The highest BCUT2D eigenvalue weighted by Gasteiger charge is 2.26. The number of hydrogen-bond acceptors (Lipinski definition) is 3. The van der Waals surface area contributed by atoms with Gasteiger partial charge in [0.25, 0.3) is 0 Å². The summed E-state index contributed by atoms with van der Waals surface area (Å²) in [6.07, 6.45) is 0.113. The third kappa shape index (κ3) is 4.43. The number of carbonyl (C=O) groups is 2. The molecule has 0 aromatic heterocycles. The van der Waals surface area contributed by atoms with Crippen molar-refractivity contribution >= 4 is 11.8 Å². The second kappa shape index (κ2) is 6.97. The van der Waals surface area contributed by atoms with Crippen LogP contribution in [0.4, 0.5) is 8.78 Å². The van der Waals surface area contributed by atoms with Gasteiger partial charge in [-0.2, -0.15) is 0 Å². The zero-order chi connectivity index (χ0) is 14.4. The second-order valence-electron chi connectivity index (χ2n) is 4.13. The zero-order valence-electron chi connectivity index (χ0n) is 10.9. The highest BCUT2D eigenvalue weighted by atomic mass is 19.1. The van der Waals surface area contributed by atoms with E-state index in [2.05, 4.69) is 0 Å². The molecule has 0 amide bonds. The summed E-state index contributed by atoms with van der Waals surface area (Å²) in [7, 11) is 0. The molecule has 0 spiro atoms. The van der Waals surface area contributed by atoms with E-state index in [1.54, 1.807) is 13.8 Å². The Bertz CT molecular complexity index is 452. The molecule has 1 rings (SSSR count). The topological polar surface area (TPSA) is 43.4 Å². The second-order valence-corrected chi connectivity index (χ2v) is 4.13. The zero-order valence-corrected chi connectivity index (χ0v) is 10.9. The molecule has 1 aromatic carbocycles. The number of hydrogen-bond donors (Lipinski definition) is 0. The summed E-state index contributed by atoms with van der Waals surface area (Å²) in [4.78, 5) is 23.5. The lowest BCUT2D eigenvalue weighted by Crippen LogP contribution is -2.27. The molecular formula is C14H16F2O3. The van der Waals surface area contributed by atoms with Crippen LogP contribution < -0.4 is 0 Å². The smallest absolute Gasteiger partial charge is 0.316 e. The molecule has 104 valence electrons. The van der Waals surface area contributed by atoms with Gasteiger partial charge in [0, 0.05) is 12.5 Å². The Morgan fingerprint density at radius 1 is 1.16 bits per heavy atom. The molecule has 3 nitrogen and oxygen atoms in total. The van der Waals surface area contributed by atoms with Gasteiger partial charge in [-0.1, -0.05) is 6.92 Å². The number of ether oxygens (including phenoxy) is 1. The first-order valence-corrected chi connectivity index (χ1v) is 6.12. The minimum absolute atomic E-state index is 0.188. The van der Waals surface area contributed by atoms with Crippen LogP contribution >= 0.6 is 0 Å². The number of ketones is 1. The van der Waals surface area contributed by atoms with Crippen LogP contribution in [0.2, 0.25) is 0 Å². The van der Waals surface area contributed by atoms with Gasteiger partial charge in [-0.3, -0.25) is 9.59 Å². The van der Waals surface area contributed by atoms with Gasteiger partial charge in [-0.05, 0) is 31.0 Å². The van der Waals surface area contributed by atoms with Crippen molar-refractivity contribution < 1.29 is 23.1 Å². The lowest BCUT2D eigenvalue weighted by molar-refractivity contribution is -0.151. The van der Waals surface area contributed by atoms with E-state index in [9.17, 15) is 18.4 Å². The minimum atomic E-state index is -0.883. The van der Waals surface area contributed by atoms with Crippen LogP contribution in [0.25, 0.3) is 0 Å². The molecule has 0 aliphatic rings. The van der Waals surface area contributed by atoms with Gasteiger partial charge in [0.2, 0.25) is 0 Å². The van der Waals surface area contributed by atoms with E-state index in [0.717, 1.165) is 18.2 Å². The van der Waals surface area contributed by atoms with Crippen molar-refractivity contribution in [1.29, 1.82) is 0 Å². The third-order valence-electron chi connectivity index (χ3n) is 2.67. The molecule has 0 N–H and O–H groups in total. The Hall–Kier alpha value is -1.78. The van der Waals surface area contributed by atoms with Gasteiger partial charge >= 0.3 is 5.97 Å². The lowest BCUT2D eigenvalue weighted by Gasteiger charge is -2.12. The van der Waals surface area contributed by atoms with E-state index in [1.807, 2.05) is 0 Å². The van der Waals surface area contributed by atoms with E-state index >= 15 is 0 Å². The number of benzene rings is 1. The Labute approximate surface area is 110 Å². The van der Waals surface area contributed by atoms with Crippen molar-refractivity contribution in [2.45, 2.75) is 26.7 Å². The van der Waals surface area contributed by atoms with Gasteiger partial charge in [-0.15, -0.1) is 0 Å². The molecule has 0 saturated heterocycles. The molecule has 0 fully saturated rings. The Morgan fingerprint density at radius 3 is 2.21 bits per heavy atom. The third-order valence-corrected chi connectivity index (χ3v) is 2.67. The average Bonchev–Trinajstić information content (AvgIpc) is 2.28. The van der Waals surface area contributed by atoms with Crippen molar-refractivity contribution in [1.82, 2.24) is 0 Å². The molecule has 5 heteroatoms. The van der Waals surface area contributed by atoms with E-state index in [4.69, 9.17) is 4.74 Å². The summed E-state index contributed by atoms with van der Waals surface area (Å²) in [5, 5.41) is 0. The van der Waals surface area contributed by atoms with Crippen LogP contribution in [0, 0.1) is 17.6 Å². The molecule has 19 heavy (non-hydrogen) atoms. The van der Waals surface area contributed by atoms with Crippen molar-refractivity contribution in [2.75, 3.05) is 6.61 Å². The molecule has 1 atom stereocenters. The summed E-state index contributed by atoms with van der Waals surface area (Å²) in [5.74, 6) is -3.36. The molecule has 0 aliphatic carbocycles. The first kappa shape index (κ1) is 15.3. The van der Waals surface area contributed by atoms with Crippen LogP contribution in [0.3, 0.4) is 0 Å². The van der Waals surface area contributed by atoms with Crippen molar-refractivity contribution in [3.8, 4) is 0 Å². The van der Waals surface area contributed by atoms with Gasteiger partial charge < -0.3 is 4.74 Å². The maximum atomic E-state index is 13.0. The minimum Gasteiger partial charge on any atom is -0.465 e. The maximum Gasteiger partial charge on any atom is 0.316 e.